The molecular weight excluding hydrogens is 218 g/mol. The van der Waals surface area contributed by atoms with Gasteiger partial charge in [0.15, 0.2) is 0 Å². The van der Waals surface area contributed by atoms with Crippen molar-refractivity contribution in [2.24, 2.45) is 0 Å². The molecule has 1 aromatic heterocycles. The summed E-state index contributed by atoms with van der Waals surface area (Å²) in [4.78, 5) is 17.8. The first-order chi connectivity index (χ1) is 7.97. The minimum Gasteiger partial charge on any atom is -0.443 e. The highest BCUT2D eigenvalue weighted by molar-refractivity contribution is 5.92. The molecule has 92 valence electrons. The molecule has 0 saturated carbocycles. The van der Waals surface area contributed by atoms with Crippen LogP contribution in [0.1, 0.15) is 20.8 Å². The quantitative estimate of drug-likeness (QED) is 0.749. The van der Waals surface area contributed by atoms with Gasteiger partial charge < -0.3 is 10.1 Å². The summed E-state index contributed by atoms with van der Waals surface area (Å²) in [5.74, 6) is 0.726. The van der Waals surface area contributed by atoms with Gasteiger partial charge in [0.05, 0.1) is 5.69 Å². The molecule has 0 radical (unpaired) electrons. The first kappa shape index (κ1) is 11.7. The molecule has 0 aliphatic carbocycles. The lowest BCUT2D eigenvalue weighted by molar-refractivity contribution is 0.0581. The molecule has 1 aromatic rings. The van der Waals surface area contributed by atoms with Gasteiger partial charge in [-0.05, 0) is 32.9 Å². The predicted octanol–water partition coefficient (Wildman–Crippen LogP) is 2.25. The summed E-state index contributed by atoms with van der Waals surface area (Å²) in [5.41, 5.74) is 0.289. The normalized spacial score (nSPS) is 14.9. The Morgan fingerprint density at radius 1 is 1.53 bits per heavy atom. The van der Waals surface area contributed by atoms with E-state index in [0.717, 1.165) is 11.5 Å². The molecule has 2 rings (SSSR count). The molecule has 0 atom stereocenters. The zero-order valence-corrected chi connectivity index (χ0v) is 10.4. The lowest BCUT2D eigenvalue weighted by Gasteiger charge is -2.31. The molecule has 2 heterocycles. The van der Waals surface area contributed by atoms with Gasteiger partial charge in [0, 0.05) is 19.3 Å². The Bertz CT molecular complexity index is 426. The summed E-state index contributed by atoms with van der Waals surface area (Å²) >= 11 is 0. The van der Waals surface area contributed by atoms with Crippen molar-refractivity contribution in [3.63, 3.8) is 0 Å². The van der Waals surface area contributed by atoms with Crippen LogP contribution in [0.5, 0.6) is 0 Å². The van der Waals surface area contributed by atoms with Crippen molar-refractivity contribution in [1.29, 1.82) is 0 Å². The van der Waals surface area contributed by atoms with Crippen LogP contribution in [0.2, 0.25) is 0 Å². The molecule has 1 amide bonds. The van der Waals surface area contributed by atoms with Gasteiger partial charge in [0.2, 0.25) is 0 Å². The maximum absolute atomic E-state index is 12.0. The average Bonchev–Trinajstić information content (AvgIpc) is 2.26. The van der Waals surface area contributed by atoms with Gasteiger partial charge >= 0.3 is 6.09 Å². The summed E-state index contributed by atoms with van der Waals surface area (Å²) in [6.07, 6.45) is 1.37. The molecule has 0 spiro atoms. The number of nitrogens with one attached hydrogen (secondary N) is 1. The van der Waals surface area contributed by atoms with Gasteiger partial charge in [-0.25, -0.2) is 9.78 Å². The lowest BCUT2D eigenvalue weighted by Crippen LogP contribution is -2.42. The first-order valence-electron chi connectivity index (χ1n) is 5.67. The minimum absolute atomic E-state index is 0.326. The van der Waals surface area contributed by atoms with E-state index >= 15 is 0 Å². The number of hydrogen-bond donors (Lipinski definition) is 1. The second-order valence-corrected chi connectivity index (χ2v) is 4.93. The Kier molecular flexibility index (Phi) is 2.92. The third-order valence-corrected chi connectivity index (χ3v) is 2.32. The van der Waals surface area contributed by atoms with Gasteiger partial charge in [-0.3, -0.25) is 4.90 Å². The third-order valence-electron chi connectivity index (χ3n) is 2.32. The van der Waals surface area contributed by atoms with Crippen molar-refractivity contribution in [3.05, 3.63) is 18.3 Å². The van der Waals surface area contributed by atoms with Crippen LogP contribution in [0.25, 0.3) is 0 Å². The fraction of sp³-hybridized carbons (Fsp3) is 0.500. The standard InChI is InChI=1S/C12H17N3O2/c1-12(2,3)17-11(16)15-8-7-14-10-9(15)5-4-6-13-10/h4-6H,7-8H2,1-3H3,(H,13,14). The highest BCUT2D eigenvalue weighted by Gasteiger charge is 2.27. The van der Waals surface area contributed by atoms with Crippen molar-refractivity contribution in [3.8, 4) is 0 Å². The smallest absolute Gasteiger partial charge is 0.414 e. The van der Waals surface area contributed by atoms with Crippen molar-refractivity contribution in [1.82, 2.24) is 4.98 Å². The fourth-order valence-corrected chi connectivity index (χ4v) is 1.66. The fourth-order valence-electron chi connectivity index (χ4n) is 1.66. The summed E-state index contributed by atoms with van der Waals surface area (Å²) in [5, 5.41) is 3.15. The van der Waals surface area contributed by atoms with E-state index in [1.807, 2.05) is 32.9 Å². The Morgan fingerprint density at radius 3 is 3.00 bits per heavy atom. The van der Waals surface area contributed by atoms with Crippen molar-refractivity contribution >= 4 is 17.6 Å². The second kappa shape index (κ2) is 4.24. The second-order valence-electron chi connectivity index (χ2n) is 4.93. The number of rotatable bonds is 0. The highest BCUT2D eigenvalue weighted by Crippen LogP contribution is 2.27. The number of pyridine rings is 1. The van der Waals surface area contributed by atoms with Gasteiger partial charge in [0.1, 0.15) is 11.4 Å². The molecule has 5 nitrogen and oxygen atoms in total. The average molecular weight is 235 g/mol. The molecule has 1 N–H and O–H groups in total. The molecule has 0 saturated heterocycles. The first-order valence-corrected chi connectivity index (χ1v) is 5.67. The van der Waals surface area contributed by atoms with Gasteiger partial charge in [-0.1, -0.05) is 0 Å². The number of aromatic nitrogens is 1. The van der Waals surface area contributed by atoms with Gasteiger partial charge in [0.25, 0.3) is 0 Å². The monoisotopic (exact) mass is 235 g/mol. The molecule has 0 bridgehead atoms. The molecular formula is C12H17N3O2. The molecule has 1 aliphatic rings. The molecule has 0 fully saturated rings. The number of carbonyl (C=O) groups excluding carboxylic acids is 1. The van der Waals surface area contributed by atoms with Crippen molar-refractivity contribution in [2.75, 3.05) is 23.3 Å². The van der Waals surface area contributed by atoms with Crippen LogP contribution in [0.4, 0.5) is 16.3 Å². The highest BCUT2D eigenvalue weighted by atomic mass is 16.6. The van der Waals surface area contributed by atoms with E-state index in [2.05, 4.69) is 10.3 Å². The maximum Gasteiger partial charge on any atom is 0.414 e. The van der Waals surface area contributed by atoms with Crippen LogP contribution >= 0.6 is 0 Å². The Morgan fingerprint density at radius 2 is 2.29 bits per heavy atom. The van der Waals surface area contributed by atoms with Crippen LogP contribution in [0, 0.1) is 0 Å². The van der Waals surface area contributed by atoms with Crippen LogP contribution in [-0.4, -0.2) is 29.8 Å². The number of nitrogens with zero attached hydrogens (tertiary/aromatic N) is 2. The summed E-state index contributed by atoms with van der Waals surface area (Å²) in [6.45, 7) is 6.85. The predicted molar refractivity (Wildman–Crippen MR) is 66.3 cm³/mol. The van der Waals surface area contributed by atoms with E-state index in [4.69, 9.17) is 4.74 Å². The molecule has 0 aromatic carbocycles. The van der Waals surface area contributed by atoms with Crippen LogP contribution < -0.4 is 10.2 Å². The zero-order chi connectivity index (χ0) is 12.5. The van der Waals surface area contributed by atoms with Crippen LogP contribution in [-0.2, 0) is 4.74 Å². The number of ether oxygens (including phenoxy) is 1. The lowest BCUT2D eigenvalue weighted by atomic mass is 10.2. The van der Waals surface area contributed by atoms with E-state index < -0.39 is 5.60 Å². The van der Waals surface area contributed by atoms with E-state index in [0.29, 0.717) is 13.1 Å². The largest absolute Gasteiger partial charge is 0.443 e. The van der Waals surface area contributed by atoms with E-state index in [1.165, 1.54) is 0 Å². The summed E-state index contributed by atoms with van der Waals surface area (Å²) < 4.78 is 5.37. The van der Waals surface area contributed by atoms with Crippen molar-refractivity contribution in [2.45, 2.75) is 26.4 Å². The van der Waals surface area contributed by atoms with Crippen molar-refractivity contribution < 1.29 is 9.53 Å². The van der Waals surface area contributed by atoms with Crippen LogP contribution in [0.15, 0.2) is 18.3 Å². The number of hydrogen-bond acceptors (Lipinski definition) is 4. The number of carbonyl (C=O) groups is 1. The van der Waals surface area contributed by atoms with E-state index in [9.17, 15) is 4.79 Å². The molecule has 17 heavy (non-hydrogen) atoms. The number of fused-ring (bicyclic) bond motifs is 1. The third kappa shape index (κ3) is 2.67. The van der Waals surface area contributed by atoms with E-state index in [-0.39, 0.29) is 6.09 Å². The topological polar surface area (TPSA) is 54.5 Å². The number of anilines is 2. The number of amides is 1. The van der Waals surface area contributed by atoms with E-state index in [1.54, 1.807) is 11.1 Å². The van der Waals surface area contributed by atoms with Crippen LogP contribution in [0.3, 0.4) is 0 Å². The molecule has 0 unspecified atom stereocenters. The summed E-state index contributed by atoms with van der Waals surface area (Å²) in [7, 11) is 0. The maximum atomic E-state index is 12.0. The Hall–Kier alpha value is -1.78. The SMILES string of the molecule is CC(C)(C)OC(=O)N1CCNc2ncccc21. The molecule has 5 heteroatoms. The summed E-state index contributed by atoms with van der Waals surface area (Å²) in [6, 6.07) is 3.67. The van der Waals surface area contributed by atoms with Gasteiger partial charge in [-0.2, -0.15) is 0 Å². The minimum atomic E-state index is -0.482. The zero-order valence-electron chi connectivity index (χ0n) is 10.4. The van der Waals surface area contributed by atoms with Gasteiger partial charge in [-0.15, -0.1) is 0 Å². The molecule has 1 aliphatic heterocycles. The Balaban J connectivity index is 2.21. The Labute approximate surface area is 101 Å².